The van der Waals surface area contributed by atoms with Gasteiger partial charge in [0.2, 0.25) is 0 Å². The Bertz CT molecular complexity index is 590. The van der Waals surface area contributed by atoms with E-state index in [4.69, 9.17) is 0 Å². The van der Waals surface area contributed by atoms with Gasteiger partial charge in [0.15, 0.2) is 0 Å². The number of carbonyl (C=O) groups excluding carboxylic acids is 1. The van der Waals surface area contributed by atoms with Crippen molar-refractivity contribution in [3.05, 3.63) is 52.7 Å². The molecule has 0 amide bonds. The lowest BCUT2D eigenvalue weighted by Crippen LogP contribution is -2.12. The summed E-state index contributed by atoms with van der Waals surface area (Å²) in [4.78, 5) is 29.4. The first-order valence-electron chi connectivity index (χ1n) is 4.94. The van der Waals surface area contributed by atoms with Gasteiger partial charge in [-0.05, 0) is 23.8 Å². The Morgan fingerprint density at radius 1 is 1.35 bits per heavy atom. The van der Waals surface area contributed by atoms with Crippen molar-refractivity contribution in [1.29, 1.82) is 0 Å². The van der Waals surface area contributed by atoms with E-state index in [-0.39, 0.29) is 5.56 Å². The van der Waals surface area contributed by atoms with E-state index in [0.29, 0.717) is 16.7 Å². The number of carbonyl (C=O) groups is 1. The molecular weight excluding hydrogens is 220 g/mol. The molecule has 0 unspecified atom stereocenters. The summed E-state index contributed by atoms with van der Waals surface area (Å²) in [5.74, 6) is -0.489. The molecule has 0 aromatic carbocycles. The fourth-order valence-electron chi connectivity index (χ4n) is 1.47. The van der Waals surface area contributed by atoms with Crippen LogP contribution in [-0.4, -0.2) is 23.0 Å². The third kappa shape index (κ3) is 2.23. The Morgan fingerprint density at radius 2 is 2.06 bits per heavy atom. The highest BCUT2D eigenvalue weighted by atomic mass is 16.5. The number of H-pyrrole nitrogens is 1. The zero-order chi connectivity index (χ0) is 12.3. The minimum absolute atomic E-state index is 0.260. The second kappa shape index (κ2) is 4.61. The molecule has 0 saturated carbocycles. The SMILES string of the molecule is COC(=O)c1c[nH]c(=O)c(-c2ccncc2)c1. The fourth-order valence-corrected chi connectivity index (χ4v) is 1.47. The van der Waals surface area contributed by atoms with Crippen molar-refractivity contribution in [2.75, 3.05) is 7.11 Å². The van der Waals surface area contributed by atoms with Crippen LogP contribution in [-0.2, 0) is 4.74 Å². The molecule has 0 fully saturated rings. The van der Waals surface area contributed by atoms with E-state index in [1.54, 1.807) is 24.5 Å². The molecule has 86 valence electrons. The molecule has 1 N–H and O–H groups in total. The first-order valence-corrected chi connectivity index (χ1v) is 4.94. The third-order valence-electron chi connectivity index (χ3n) is 2.32. The van der Waals surface area contributed by atoms with Crippen LogP contribution < -0.4 is 5.56 Å². The third-order valence-corrected chi connectivity index (χ3v) is 2.32. The summed E-state index contributed by atoms with van der Waals surface area (Å²) in [5, 5.41) is 0. The minimum Gasteiger partial charge on any atom is -0.465 e. The second-order valence-corrected chi connectivity index (χ2v) is 3.36. The van der Waals surface area contributed by atoms with Crippen molar-refractivity contribution < 1.29 is 9.53 Å². The van der Waals surface area contributed by atoms with E-state index in [2.05, 4.69) is 14.7 Å². The molecule has 0 spiro atoms. The molecule has 2 rings (SSSR count). The highest BCUT2D eigenvalue weighted by Gasteiger charge is 2.10. The maximum absolute atomic E-state index is 11.7. The predicted molar refractivity (Wildman–Crippen MR) is 61.6 cm³/mol. The van der Waals surface area contributed by atoms with Crippen LogP contribution in [0, 0.1) is 0 Å². The second-order valence-electron chi connectivity index (χ2n) is 3.36. The number of hydrogen-bond donors (Lipinski definition) is 1. The molecule has 0 radical (unpaired) electrons. The number of nitrogens with one attached hydrogen (secondary N) is 1. The first kappa shape index (κ1) is 11.1. The summed E-state index contributed by atoms with van der Waals surface area (Å²) in [5.41, 5.74) is 1.16. The van der Waals surface area contributed by atoms with Crippen LogP contribution in [0.15, 0.2) is 41.6 Å². The Labute approximate surface area is 97.1 Å². The summed E-state index contributed by atoms with van der Waals surface area (Å²) in [6.45, 7) is 0. The molecule has 0 atom stereocenters. The van der Waals surface area contributed by atoms with Gasteiger partial charge in [0, 0.05) is 24.2 Å². The summed E-state index contributed by atoms with van der Waals surface area (Å²) in [7, 11) is 1.29. The summed E-state index contributed by atoms with van der Waals surface area (Å²) in [6, 6.07) is 4.90. The molecule has 0 saturated heterocycles. The number of methoxy groups -OCH3 is 1. The van der Waals surface area contributed by atoms with Gasteiger partial charge in [-0.1, -0.05) is 0 Å². The Balaban J connectivity index is 2.55. The van der Waals surface area contributed by atoms with E-state index in [0.717, 1.165) is 0 Å². The highest BCUT2D eigenvalue weighted by molar-refractivity contribution is 5.90. The number of rotatable bonds is 2. The van der Waals surface area contributed by atoms with Gasteiger partial charge in [-0.15, -0.1) is 0 Å². The van der Waals surface area contributed by atoms with Crippen molar-refractivity contribution in [1.82, 2.24) is 9.97 Å². The zero-order valence-electron chi connectivity index (χ0n) is 9.14. The molecule has 2 heterocycles. The van der Waals surface area contributed by atoms with Crippen LogP contribution >= 0.6 is 0 Å². The predicted octanol–water partition coefficient (Wildman–Crippen LogP) is 1.22. The maximum atomic E-state index is 11.7. The van der Waals surface area contributed by atoms with Crippen LogP contribution in [0.5, 0.6) is 0 Å². The van der Waals surface area contributed by atoms with Gasteiger partial charge < -0.3 is 9.72 Å². The van der Waals surface area contributed by atoms with Gasteiger partial charge in [0.05, 0.1) is 12.7 Å². The molecule has 2 aromatic heterocycles. The fraction of sp³-hybridized carbons (Fsp3) is 0.0833. The molecule has 0 aliphatic rings. The van der Waals surface area contributed by atoms with Gasteiger partial charge in [-0.3, -0.25) is 9.78 Å². The first-order chi connectivity index (χ1) is 8.22. The van der Waals surface area contributed by atoms with Crippen LogP contribution in [0.4, 0.5) is 0 Å². The minimum atomic E-state index is -0.489. The Morgan fingerprint density at radius 3 is 2.71 bits per heavy atom. The van der Waals surface area contributed by atoms with Crippen molar-refractivity contribution >= 4 is 5.97 Å². The van der Waals surface area contributed by atoms with Crippen LogP contribution in [0.25, 0.3) is 11.1 Å². The lowest BCUT2D eigenvalue weighted by molar-refractivity contribution is 0.0600. The molecule has 0 aliphatic heterocycles. The monoisotopic (exact) mass is 230 g/mol. The zero-order valence-corrected chi connectivity index (χ0v) is 9.14. The lowest BCUT2D eigenvalue weighted by Gasteiger charge is -2.03. The van der Waals surface area contributed by atoms with Crippen molar-refractivity contribution in [2.24, 2.45) is 0 Å². The molecule has 2 aromatic rings. The smallest absolute Gasteiger partial charge is 0.339 e. The van der Waals surface area contributed by atoms with Gasteiger partial charge in [-0.2, -0.15) is 0 Å². The van der Waals surface area contributed by atoms with Gasteiger partial charge in [-0.25, -0.2) is 4.79 Å². The Hall–Kier alpha value is -2.43. The average Bonchev–Trinajstić information content (AvgIpc) is 2.39. The van der Waals surface area contributed by atoms with E-state index >= 15 is 0 Å². The van der Waals surface area contributed by atoms with Crippen molar-refractivity contribution in [3.8, 4) is 11.1 Å². The van der Waals surface area contributed by atoms with Gasteiger partial charge >= 0.3 is 5.97 Å². The number of aromatic amines is 1. The lowest BCUT2D eigenvalue weighted by atomic mass is 10.1. The number of esters is 1. The number of nitrogens with zero attached hydrogens (tertiary/aromatic N) is 1. The van der Waals surface area contributed by atoms with Crippen LogP contribution in [0.1, 0.15) is 10.4 Å². The van der Waals surface area contributed by atoms with Crippen LogP contribution in [0.3, 0.4) is 0 Å². The van der Waals surface area contributed by atoms with Gasteiger partial charge in [0.25, 0.3) is 5.56 Å². The number of hydrogen-bond acceptors (Lipinski definition) is 4. The molecular formula is C12H10N2O3. The standard InChI is InChI=1S/C12H10N2O3/c1-17-12(16)9-6-10(11(15)14-7-9)8-2-4-13-5-3-8/h2-7H,1H3,(H,14,15). The van der Waals surface area contributed by atoms with Crippen LogP contribution in [0.2, 0.25) is 0 Å². The van der Waals surface area contributed by atoms with Gasteiger partial charge in [0.1, 0.15) is 0 Å². The molecule has 17 heavy (non-hydrogen) atoms. The quantitative estimate of drug-likeness (QED) is 0.787. The largest absolute Gasteiger partial charge is 0.465 e. The number of pyridine rings is 2. The summed E-state index contributed by atoms with van der Waals surface area (Å²) >= 11 is 0. The topological polar surface area (TPSA) is 72.1 Å². The molecule has 5 nitrogen and oxygen atoms in total. The average molecular weight is 230 g/mol. The van der Waals surface area contributed by atoms with Crippen molar-refractivity contribution in [3.63, 3.8) is 0 Å². The van der Waals surface area contributed by atoms with E-state index in [9.17, 15) is 9.59 Å². The highest BCUT2D eigenvalue weighted by Crippen LogP contribution is 2.14. The molecule has 5 heteroatoms. The Kier molecular flexibility index (Phi) is 3.00. The normalized spacial score (nSPS) is 9.94. The van der Waals surface area contributed by atoms with E-state index in [1.807, 2.05) is 0 Å². The molecule has 0 bridgehead atoms. The van der Waals surface area contributed by atoms with Crippen molar-refractivity contribution in [2.45, 2.75) is 0 Å². The summed E-state index contributed by atoms with van der Waals surface area (Å²) < 4.78 is 4.59. The summed E-state index contributed by atoms with van der Waals surface area (Å²) in [6.07, 6.45) is 4.50. The molecule has 0 aliphatic carbocycles. The maximum Gasteiger partial charge on any atom is 0.339 e. The number of ether oxygens (including phenoxy) is 1. The van der Waals surface area contributed by atoms with E-state index in [1.165, 1.54) is 19.4 Å². The number of aromatic nitrogens is 2. The van der Waals surface area contributed by atoms with E-state index < -0.39 is 5.97 Å².